The number of amides is 3. The molecule has 1 aliphatic heterocycles. The van der Waals surface area contributed by atoms with Crippen LogP contribution in [0.4, 0.5) is 4.79 Å². The predicted octanol–water partition coefficient (Wildman–Crippen LogP) is 1.33. The van der Waals surface area contributed by atoms with Crippen LogP contribution in [0.25, 0.3) is 5.69 Å². The minimum absolute atomic E-state index is 0.239. The normalized spacial score (nSPS) is 17.9. The molecule has 0 aliphatic carbocycles. The van der Waals surface area contributed by atoms with Crippen LogP contribution >= 0.6 is 0 Å². The molecule has 2 aromatic carbocycles. The summed E-state index contributed by atoms with van der Waals surface area (Å²) in [5, 5.41) is 13.7. The van der Waals surface area contributed by atoms with Gasteiger partial charge in [-0.05, 0) is 47.2 Å². The number of urea groups is 1. The van der Waals surface area contributed by atoms with Crippen molar-refractivity contribution in [2.24, 2.45) is 0 Å². The molecule has 11 heteroatoms. The van der Waals surface area contributed by atoms with Crippen molar-refractivity contribution in [2.45, 2.75) is 12.5 Å². The van der Waals surface area contributed by atoms with E-state index in [-0.39, 0.29) is 5.56 Å². The maximum atomic E-state index is 13.2. The van der Waals surface area contributed by atoms with Crippen LogP contribution in [0, 0.1) is 0 Å². The maximum absolute atomic E-state index is 13.2. The first-order chi connectivity index (χ1) is 15.4. The van der Waals surface area contributed by atoms with Gasteiger partial charge in [0.25, 0.3) is 5.91 Å². The number of tetrazole rings is 1. The van der Waals surface area contributed by atoms with E-state index < -0.39 is 29.8 Å². The van der Waals surface area contributed by atoms with E-state index in [9.17, 15) is 14.4 Å². The highest BCUT2D eigenvalue weighted by Crippen LogP contribution is 2.31. The van der Waals surface area contributed by atoms with Crippen molar-refractivity contribution in [3.8, 4) is 17.2 Å². The Balaban J connectivity index is 1.60. The van der Waals surface area contributed by atoms with Crippen LogP contribution < -0.4 is 14.8 Å². The van der Waals surface area contributed by atoms with Gasteiger partial charge >= 0.3 is 6.03 Å². The van der Waals surface area contributed by atoms with Crippen molar-refractivity contribution in [3.63, 3.8) is 0 Å². The highest BCUT2D eigenvalue weighted by atomic mass is 16.5. The summed E-state index contributed by atoms with van der Waals surface area (Å²) in [6.07, 6.45) is 1.42. The third-order valence-corrected chi connectivity index (χ3v) is 5.32. The van der Waals surface area contributed by atoms with E-state index >= 15 is 0 Å². The van der Waals surface area contributed by atoms with E-state index in [0.29, 0.717) is 22.7 Å². The summed E-state index contributed by atoms with van der Waals surface area (Å²) in [6.45, 7) is 1.15. The van der Waals surface area contributed by atoms with Crippen molar-refractivity contribution in [1.29, 1.82) is 0 Å². The minimum atomic E-state index is -1.36. The van der Waals surface area contributed by atoms with Gasteiger partial charge in [0.05, 0.1) is 32.0 Å². The molecule has 11 nitrogen and oxygen atoms in total. The van der Waals surface area contributed by atoms with Crippen molar-refractivity contribution < 1.29 is 23.9 Å². The van der Waals surface area contributed by atoms with Crippen LogP contribution in [0.1, 0.15) is 22.8 Å². The lowest BCUT2D eigenvalue weighted by Gasteiger charge is -2.22. The largest absolute Gasteiger partial charge is 0.497 e. The van der Waals surface area contributed by atoms with Crippen LogP contribution in [0.3, 0.4) is 0 Å². The number of nitrogens with zero attached hydrogens (tertiary/aromatic N) is 5. The molecule has 0 bridgehead atoms. The molecule has 3 aromatic rings. The van der Waals surface area contributed by atoms with Gasteiger partial charge in [0, 0.05) is 6.07 Å². The average Bonchev–Trinajstić information content (AvgIpc) is 3.42. The molecule has 0 spiro atoms. The van der Waals surface area contributed by atoms with Gasteiger partial charge in [-0.15, -0.1) is 5.10 Å². The first-order valence-corrected chi connectivity index (χ1v) is 9.60. The summed E-state index contributed by atoms with van der Waals surface area (Å²) in [4.78, 5) is 39.7. The summed E-state index contributed by atoms with van der Waals surface area (Å²) in [7, 11) is 2.92. The van der Waals surface area contributed by atoms with Gasteiger partial charge in [-0.1, -0.05) is 12.1 Å². The van der Waals surface area contributed by atoms with Gasteiger partial charge in [-0.2, -0.15) is 0 Å². The molecular weight excluding hydrogens is 416 g/mol. The van der Waals surface area contributed by atoms with E-state index in [1.54, 1.807) is 43.3 Å². The van der Waals surface area contributed by atoms with E-state index in [4.69, 9.17) is 9.47 Å². The third-order valence-electron chi connectivity index (χ3n) is 5.32. The predicted molar refractivity (Wildman–Crippen MR) is 111 cm³/mol. The summed E-state index contributed by atoms with van der Waals surface area (Å²) < 4.78 is 11.8. The third kappa shape index (κ3) is 3.53. The van der Waals surface area contributed by atoms with E-state index in [2.05, 4.69) is 20.8 Å². The van der Waals surface area contributed by atoms with Crippen LogP contribution in [0.5, 0.6) is 11.5 Å². The fourth-order valence-electron chi connectivity index (χ4n) is 3.53. The van der Waals surface area contributed by atoms with Gasteiger partial charge in [0.1, 0.15) is 23.4 Å². The smallest absolute Gasteiger partial charge is 0.325 e. The lowest BCUT2D eigenvalue weighted by Crippen LogP contribution is -2.41. The first kappa shape index (κ1) is 21.0. The molecule has 0 radical (unpaired) electrons. The Bertz CT molecular complexity index is 1200. The van der Waals surface area contributed by atoms with Crippen LogP contribution in [0.2, 0.25) is 0 Å². The van der Waals surface area contributed by atoms with Crippen molar-refractivity contribution in [3.05, 3.63) is 59.9 Å². The molecule has 1 aliphatic rings. The second kappa shape index (κ2) is 8.10. The molecule has 32 heavy (non-hydrogen) atoms. The highest BCUT2D eigenvalue weighted by molar-refractivity contribution is 6.11. The maximum Gasteiger partial charge on any atom is 0.325 e. The SMILES string of the molecule is COc1ccc(C(=O)CN2C(=O)N[C@](C)(c3cccc(-n4cnnn4)c3)C2=O)c(OC)c1. The second-order valence-corrected chi connectivity index (χ2v) is 7.24. The summed E-state index contributed by atoms with van der Waals surface area (Å²) >= 11 is 0. The molecule has 1 aromatic heterocycles. The zero-order chi connectivity index (χ0) is 22.9. The Morgan fingerprint density at radius 1 is 1.12 bits per heavy atom. The van der Waals surface area contributed by atoms with E-state index in [1.807, 2.05) is 0 Å². The number of aromatic nitrogens is 4. The van der Waals surface area contributed by atoms with Crippen molar-refractivity contribution >= 4 is 17.7 Å². The van der Waals surface area contributed by atoms with E-state index in [0.717, 1.165) is 4.90 Å². The number of carbonyl (C=O) groups is 3. The van der Waals surface area contributed by atoms with Gasteiger partial charge < -0.3 is 14.8 Å². The number of rotatable bonds is 7. The molecule has 1 fully saturated rings. The zero-order valence-corrected chi connectivity index (χ0v) is 17.6. The fourth-order valence-corrected chi connectivity index (χ4v) is 3.53. The van der Waals surface area contributed by atoms with Gasteiger partial charge in [0.2, 0.25) is 0 Å². The summed E-state index contributed by atoms with van der Waals surface area (Å²) in [6, 6.07) is 11.0. The van der Waals surface area contributed by atoms with Gasteiger partial charge in [-0.25, -0.2) is 9.48 Å². The molecule has 1 N–H and O–H groups in total. The molecule has 164 valence electrons. The zero-order valence-electron chi connectivity index (χ0n) is 17.6. The first-order valence-electron chi connectivity index (χ1n) is 9.60. The summed E-state index contributed by atoms with van der Waals surface area (Å²) in [5.74, 6) is -0.182. The van der Waals surface area contributed by atoms with Crippen molar-refractivity contribution in [1.82, 2.24) is 30.4 Å². The Hall–Kier alpha value is -4.28. The van der Waals surface area contributed by atoms with Gasteiger partial charge in [0.15, 0.2) is 5.78 Å². The Morgan fingerprint density at radius 3 is 2.62 bits per heavy atom. The number of methoxy groups -OCH3 is 2. The average molecular weight is 436 g/mol. The molecule has 2 heterocycles. The van der Waals surface area contributed by atoms with E-state index in [1.165, 1.54) is 31.3 Å². The van der Waals surface area contributed by atoms with Crippen LogP contribution in [-0.4, -0.2) is 63.6 Å². The highest BCUT2D eigenvalue weighted by Gasteiger charge is 2.49. The molecule has 4 rings (SSSR count). The standard InChI is InChI=1S/C21H20N6O5/c1-21(13-5-4-6-14(9-13)27-12-22-24-25-27)19(29)26(20(30)23-21)11-17(28)16-8-7-15(31-2)10-18(16)32-3/h4-10,12H,11H2,1-3H3,(H,23,30)/t21-/m1/s1. The summed E-state index contributed by atoms with van der Waals surface area (Å²) in [5.41, 5.74) is 0.0306. The van der Waals surface area contributed by atoms with Gasteiger partial charge in [-0.3, -0.25) is 14.5 Å². The molecule has 3 amide bonds. The lowest BCUT2D eigenvalue weighted by atomic mass is 9.91. The number of nitrogens with one attached hydrogen (secondary N) is 1. The van der Waals surface area contributed by atoms with Crippen molar-refractivity contribution in [2.75, 3.05) is 20.8 Å². The molecule has 1 atom stereocenters. The quantitative estimate of drug-likeness (QED) is 0.434. The molecule has 1 saturated heterocycles. The Kier molecular flexibility index (Phi) is 5.31. The van der Waals surface area contributed by atoms with Crippen LogP contribution in [0.15, 0.2) is 48.8 Å². The fraction of sp³-hybridized carbons (Fsp3) is 0.238. The number of ketones is 1. The molecular formula is C21H20N6O5. The number of ether oxygens (including phenoxy) is 2. The minimum Gasteiger partial charge on any atom is -0.497 e. The number of benzene rings is 2. The molecule has 0 saturated carbocycles. The van der Waals surface area contributed by atoms with Crippen LogP contribution in [-0.2, 0) is 10.3 Å². The Morgan fingerprint density at radius 2 is 1.94 bits per heavy atom. The lowest BCUT2D eigenvalue weighted by molar-refractivity contribution is -0.130. The Labute approximate surface area is 182 Å². The topological polar surface area (TPSA) is 129 Å². The number of hydrogen-bond acceptors (Lipinski definition) is 8. The number of Topliss-reactive ketones (excluding diaryl/α,β-unsaturated/α-hetero) is 1. The number of hydrogen-bond donors (Lipinski definition) is 1. The monoisotopic (exact) mass is 436 g/mol. The second-order valence-electron chi connectivity index (χ2n) is 7.24. The number of carbonyl (C=O) groups excluding carboxylic acids is 3. The molecule has 0 unspecified atom stereocenters. The number of imide groups is 1.